The predicted octanol–water partition coefficient (Wildman–Crippen LogP) is 1.78. The fourth-order valence-electron chi connectivity index (χ4n) is 2.62. The van der Waals surface area contributed by atoms with E-state index in [1.807, 2.05) is 18.2 Å². The minimum absolute atomic E-state index is 0.405. The van der Waals surface area contributed by atoms with Gasteiger partial charge in [-0.25, -0.2) is 0 Å². The summed E-state index contributed by atoms with van der Waals surface area (Å²) in [5.74, 6) is 1.18. The van der Waals surface area contributed by atoms with Gasteiger partial charge in [-0.15, -0.1) is 0 Å². The van der Waals surface area contributed by atoms with Gasteiger partial charge in [-0.05, 0) is 39.0 Å². The molecular weight excluding hydrogens is 212 g/mol. The van der Waals surface area contributed by atoms with E-state index in [-0.39, 0.29) is 0 Å². The molecule has 3 nitrogen and oxygen atoms in total. The summed E-state index contributed by atoms with van der Waals surface area (Å²) >= 11 is 0. The van der Waals surface area contributed by atoms with E-state index in [0.29, 0.717) is 5.75 Å². The molecular formula is C14H22N2O. The zero-order valence-electron chi connectivity index (χ0n) is 10.8. The Morgan fingerprint density at radius 2 is 2.18 bits per heavy atom. The van der Waals surface area contributed by atoms with Crippen molar-refractivity contribution in [2.24, 2.45) is 5.92 Å². The Morgan fingerprint density at radius 1 is 1.41 bits per heavy atom. The summed E-state index contributed by atoms with van der Waals surface area (Å²) in [4.78, 5) is 4.69. The molecule has 1 aromatic carbocycles. The van der Waals surface area contributed by atoms with Gasteiger partial charge < -0.3 is 14.9 Å². The summed E-state index contributed by atoms with van der Waals surface area (Å²) in [7, 11) is 4.31. The normalized spacial score (nSPS) is 21.2. The second kappa shape index (κ2) is 5.52. The average Bonchev–Trinajstić information content (AvgIpc) is 2.67. The largest absolute Gasteiger partial charge is 0.508 e. The molecule has 94 valence electrons. The lowest BCUT2D eigenvalue weighted by Crippen LogP contribution is -2.27. The molecule has 0 spiro atoms. The first-order chi connectivity index (χ1) is 8.15. The average molecular weight is 234 g/mol. The molecule has 2 rings (SSSR count). The van der Waals surface area contributed by atoms with Crippen LogP contribution in [0.1, 0.15) is 12.0 Å². The number of para-hydroxylation sites is 1. The van der Waals surface area contributed by atoms with E-state index >= 15 is 0 Å². The third-order valence-electron chi connectivity index (χ3n) is 3.49. The van der Waals surface area contributed by atoms with E-state index in [0.717, 1.165) is 24.6 Å². The van der Waals surface area contributed by atoms with Crippen LogP contribution in [0.4, 0.5) is 0 Å². The molecule has 0 saturated carbocycles. The highest BCUT2D eigenvalue weighted by Crippen LogP contribution is 2.19. The molecule has 1 aliphatic heterocycles. The highest BCUT2D eigenvalue weighted by Gasteiger charge is 2.20. The van der Waals surface area contributed by atoms with Crippen LogP contribution in [-0.2, 0) is 6.54 Å². The number of rotatable bonds is 4. The van der Waals surface area contributed by atoms with Crippen LogP contribution in [0.15, 0.2) is 24.3 Å². The summed E-state index contributed by atoms with van der Waals surface area (Å²) in [6.07, 6.45) is 1.29. The smallest absolute Gasteiger partial charge is 0.120 e. The first kappa shape index (κ1) is 12.4. The van der Waals surface area contributed by atoms with Crippen molar-refractivity contribution in [1.29, 1.82) is 0 Å². The third kappa shape index (κ3) is 3.45. The standard InChI is InChI=1S/C14H22N2O/c1-15-8-7-12(9-15)10-16(2)11-13-5-3-4-6-14(13)17/h3-6,12,17H,7-11H2,1-2H3. The summed E-state index contributed by atoms with van der Waals surface area (Å²) in [6.45, 7) is 4.35. The minimum Gasteiger partial charge on any atom is -0.508 e. The minimum atomic E-state index is 0.405. The van der Waals surface area contributed by atoms with Gasteiger partial charge in [0.05, 0.1) is 0 Å². The van der Waals surface area contributed by atoms with Crippen molar-refractivity contribution >= 4 is 0 Å². The SMILES string of the molecule is CN1CCC(CN(C)Cc2ccccc2O)C1. The number of benzene rings is 1. The molecule has 1 N–H and O–H groups in total. The van der Waals surface area contributed by atoms with Crippen molar-refractivity contribution in [2.75, 3.05) is 33.7 Å². The van der Waals surface area contributed by atoms with Gasteiger partial charge in [0, 0.05) is 25.2 Å². The third-order valence-corrected chi connectivity index (χ3v) is 3.49. The summed E-state index contributed by atoms with van der Waals surface area (Å²) in [5.41, 5.74) is 1.02. The Morgan fingerprint density at radius 3 is 2.82 bits per heavy atom. The summed E-state index contributed by atoms with van der Waals surface area (Å²) in [5, 5.41) is 9.73. The van der Waals surface area contributed by atoms with Crippen molar-refractivity contribution in [3.8, 4) is 5.75 Å². The van der Waals surface area contributed by atoms with E-state index in [2.05, 4.69) is 23.9 Å². The lowest BCUT2D eigenvalue weighted by molar-refractivity contribution is 0.264. The van der Waals surface area contributed by atoms with Crippen LogP contribution in [0.25, 0.3) is 0 Å². The second-order valence-electron chi connectivity index (χ2n) is 5.24. The molecule has 1 unspecified atom stereocenters. The van der Waals surface area contributed by atoms with Gasteiger partial charge in [0.25, 0.3) is 0 Å². The highest BCUT2D eigenvalue weighted by molar-refractivity contribution is 5.31. The fourth-order valence-corrected chi connectivity index (χ4v) is 2.62. The number of hydrogen-bond donors (Lipinski definition) is 1. The van der Waals surface area contributed by atoms with E-state index in [1.165, 1.54) is 19.5 Å². The first-order valence-electron chi connectivity index (χ1n) is 6.29. The van der Waals surface area contributed by atoms with Crippen LogP contribution in [0.3, 0.4) is 0 Å². The first-order valence-corrected chi connectivity index (χ1v) is 6.29. The number of nitrogens with zero attached hydrogens (tertiary/aromatic N) is 2. The fraction of sp³-hybridized carbons (Fsp3) is 0.571. The van der Waals surface area contributed by atoms with Gasteiger partial charge in [0.1, 0.15) is 5.75 Å². The van der Waals surface area contributed by atoms with Crippen LogP contribution < -0.4 is 0 Å². The molecule has 0 aliphatic carbocycles. The number of phenolic OH excluding ortho intramolecular Hbond substituents is 1. The number of aromatic hydroxyl groups is 1. The number of hydrogen-bond acceptors (Lipinski definition) is 3. The van der Waals surface area contributed by atoms with E-state index < -0.39 is 0 Å². The van der Waals surface area contributed by atoms with E-state index in [4.69, 9.17) is 0 Å². The van der Waals surface area contributed by atoms with Gasteiger partial charge >= 0.3 is 0 Å². The number of phenols is 1. The van der Waals surface area contributed by atoms with Crippen molar-refractivity contribution in [1.82, 2.24) is 9.80 Å². The van der Waals surface area contributed by atoms with Crippen LogP contribution in [0.2, 0.25) is 0 Å². The van der Waals surface area contributed by atoms with Crippen LogP contribution in [-0.4, -0.2) is 48.6 Å². The Hall–Kier alpha value is -1.06. The molecule has 0 bridgehead atoms. The molecule has 1 fully saturated rings. The second-order valence-corrected chi connectivity index (χ2v) is 5.24. The Balaban J connectivity index is 1.85. The predicted molar refractivity (Wildman–Crippen MR) is 70.0 cm³/mol. The molecule has 1 aromatic rings. The van der Waals surface area contributed by atoms with Crippen molar-refractivity contribution in [3.05, 3.63) is 29.8 Å². The van der Waals surface area contributed by atoms with Gasteiger partial charge in [0.15, 0.2) is 0 Å². The van der Waals surface area contributed by atoms with Gasteiger partial charge in [-0.3, -0.25) is 0 Å². The molecule has 3 heteroatoms. The molecule has 0 aromatic heterocycles. The Bertz CT molecular complexity index is 367. The lowest BCUT2D eigenvalue weighted by atomic mass is 10.1. The monoisotopic (exact) mass is 234 g/mol. The van der Waals surface area contributed by atoms with Crippen molar-refractivity contribution in [2.45, 2.75) is 13.0 Å². The van der Waals surface area contributed by atoms with Crippen LogP contribution in [0, 0.1) is 5.92 Å². The lowest BCUT2D eigenvalue weighted by Gasteiger charge is -2.21. The molecule has 1 atom stereocenters. The molecule has 1 heterocycles. The molecule has 1 aliphatic rings. The van der Waals surface area contributed by atoms with Crippen LogP contribution >= 0.6 is 0 Å². The summed E-state index contributed by atoms with van der Waals surface area (Å²) < 4.78 is 0. The topological polar surface area (TPSA) is 26.7 Å². The Kier molecular flexibility index (Phi) is 4.02. The maximum absolute atomic E-state index is 9.73. The highest BCUT2D eigenvalue weighted by atomic mass is 16.3. The molecule has 1 saturated heterocycles. The summed E-state index contributed by atoms with van der Waals surface area (Å²) in [6, 6.07) is 7.59. The van der Waals surface area contributed by atoms with Gasteiger partial charge in [-0.1, -0.05) is 18.2 Å². The molecule has 17 heavy (non-hydrogen) atoms. The van der Waals surface area contributed by atoms with Crippen LogP contribution in [0.5, 0.6) is 5.75 Å². The number of likely N-dealkylation sites (tertiary alicyclic amines) is 1. The zero-order chi connectivity index (χ0) is 12.3. The maximum atomic E-state index is 9.73. The molecule has 0 radical (unpaired) electrons. The van der Waals surface area contributed by atoms with Gasteiger partial charge in [-0.2, -0.15) is 0 Å². The van der Waals surface area contributed by atoms with Crippen molar-refractivity contribution in [3.63, 3.8) is 0 Å². The maximum Gasteiger partial charge on any atom is 0.120 e. The van der Waals surface area contributed by atoms with E-state index in [1.54, 1.807) is 6.07 Å². The Labute approximate surface area is 104 Å². The van der Waals surface area contributed by atoms with Gasteiger partial charge in [0.2, 0.25) is 0 Å². The van der Waals surface area contributed by atoms with E-state index in [9.17, 15) is 5.11 Å². The molecule has 0 amide bonds. The zero-order valence-corrected chi connectivity index (χ0v) is 10.8. The quantitative estimate of drug-likeness (QED) is 0.860. The van der Waals surface area contributed by atoms with Crippen molar-refractivity contribution < 1.29 is 5.11 Å².